The standard InChI is InChI=1S/C37H43N3O8/c1-24-32(25-12-5-4-6-13-25)47-36(45)30-28(14-7-8-15-29(42)38(24)2)48-37-20-11-22-39(26-16-18-27(46-3)19-17-26)35(44)33(37)40(21-9-10-23-41)34(43)31(30)37/h4-7,11-14,16-20,24,28,30-33,41H,8-10,15,21-23H2,1-3H3/b14-7-/t24-,28-,30+,31+,32+,33-,37+/m1/s1. The number of nitrogens with zero attached hydrogens (tertiary/aromatic N) is 3. The summed E-state index contributed by atoms with van der Waals surface area (Å²) >= 11 is 0. The number of amides is 3. The molecule has 2 saturated heterocycles. The number of likely N-dealkylation sites (N-methyl/N-ethyl adjacent to an activating group) is 1. The third-order valence-electron chi connectivity index (χ3n) is 10.1. The molecular weight excluding hydrogens is 614 g/mol. The van der Waals surface area contributed by atoms with Crippen LogP contribution in [-0.4, -0.2) is 96.2 Å². The Kier molecular flexibility index (Phi) is 9.70. The van der Waals surface area contributed by atoms with Crippen molar-refractivity contribution in [1.29, 1.82) is 0 Å². The number of hydrogen-bond acceptors (Lipinski definition) is 8. The maximum atomic E-state index is 14.6. The number of aliphatic hydroxyl groups is 1. The van der Waals surface area contributed by atoms with Crippen molar-refractivity contribution in [2.75, 3.05) is 38.8 Å². The van der Waals surface area contributed by atoms with Gasteiger partial charge in [-0.25, -0.2) is 0 Å². The highest BCUT2D eigenvalue weighted by molar-refractivity contribution is 6.05. The minimum atomic E-state index is -1.45. The molecule has 4 aliphatic rings. The third-order valence-corrected chi connectivity index (χ3v) is 10.1. The van der Waals surface area contributed by atoms with Gasteiger partial charge in [0.25, 0.3) is 5.91 Å². The van der Waals surface area contributed by atoms with Crippen molar-refractivity contribution in [3.63, 3.8) is 0 Å². The molecule has 7 atom stereocenters. The van der Waals surface area contributed by atoms with E-state index < -0.39 is 47.7 Å². The fraction of sp³-hybridized carbons (Fsp3) is 0.459. The first kappa shape index (κ1) is 33.4. The lowest BCUT2D eigenvalue weighted by molar-refractivity contribution is -0.164. The molecule has 0 unspecified atom stereocenters. The fourth-order valence-electron chi connectivity index (χ4n) is 7.52. The molecule has 2 fully saturated rings. The number of carbonyl (C=O) groups is 4. The smallest absolute Gasteiger partial charge is 0.313 e. The molecule has 48 heavy (non-hydrogen) atoms. The van der Waals surface area contributed by atoms with E-state index in [4.69, 9.17) is 14.2 Å². The molecule has 11 heteroatoms. The van der Waals surface area contributed by atoms with Gasteiger partial charge < -0.3 is 34.0 Å². The number of ether oxygens (including phenoxy) is 3. The number of fused-ring (bicyclic) bond motifs is 2. The summed E-state index contributed by atoms with van der Waals surface area (Å²) in [4.78, 5) is 61.6. The summed E-state index contributed by atoms with van der Waals surface area (Å²) in [7, 11) is 3.27. The van der Waals surface area contributed by atoms with Crippen molar-refractivity contribution in [3.8, 4) is 5.75 Å². The monoisotopic (exact) mass is 657 g/mol. The molecule has 1 N–H and O–H groups in total. The maximum Gasteiger partial charge on any atom is 0.313 e. The Morgan fingerprint density at radius 1 is 0.979 bits per heavy atom. The van der Waals surface area contributed by atoms with E-state index in [1.807, 2.05) is 43.3 Å². The van der Waals surface area contributed by atoms with Gasteiger partial charge in [0.1, 0.15) is 29.4 Å². The number of carbonyl (C=O) groups excluding carboxylic acids is 4. The second-order valence-electron chi connectivity index (χ2n) is 12.8. The van der Waals surface area contributed by atoms with Gasteiger partial charge in [-0.2, -0.15) is 0 Å². The summed E-state index contributed by atoms with van der Waals surface area (Å²) in [6.45, 7) is 2.23. The quantitative estimate of drug-likeness (QED) is 0.273. The number of benzene rings is 2. The van der Waals surface area contributed by atoms with Gasteiger partial charge in [0.2, 0.25) is 11.8 Å². The number of likely N-dealkylation sites (tertiary alicyclic amines) is 1. The van der Waals surface area contributed by atoms with Crippen molar-refractivity contribution in [1.82, 2.24) is 9.80 Å². The van der Waals surface area contributed by atoms with Gasteiger partial charge in [0, 0.05) is 38.9 Å². The maximum absolute atomic E-state index is 14.6. The zero-order valence-corrected chi connectivity index (χ0v) is 27.6. The van der Waals surface area contributed by atoms with Crippen LogP contribution in [0.1, 0.15) is 44.3 Å². The molecule has 0 aromatic heterocycles. The predicted octanol–water partition coefficient (Wildman–Crippen LogP) is 3.43. The van der Waals surface area contributed by atoms with E-state index in [1.54, 1.807) is 66.5 Å². The first-order chi connectivity index (χ1) is 23.2. The number of rotatable bonds is 7. The van der Waals surface area contributed by atoms with Gasteiger partial charge in [-0.15, -0.1) is 0 Å². The number of hydrogen-bond donors (Lipinski definition) is 1. The van der Waals surface area contributed by atoms with Crippen LogP contribution in [0.25, 0.3) is 0 Å². The van der Waals surface area contributed by atoms with Crippen LogP contribution in [0, 0.1) is 11.8 Å². The van der Waals surface area contributed by atoms with E-state index in [9.17, 15) is 24.3 Å². The average Bonchev–Trinajstić information content (AvgIpc) is 3.48. The van der Waals surface area contributed by atoms with Gasteiger partial charge in [-0.3, -0.25) is 19.2 Å². The molecule has 11 nitrogen and oxygen atoms in total. The molecule has 4 aliphatic heterocycles. The van der Waals surface area contributed by atoms with Gasteiger partial charge in [-0.1, -0.05) is 54.6 Å². The van der Waals surface area contributed by atoms with Crippen LogP contribution < -0.4 is 9.64 Å². The number of unbranched alkanes of at least 4 members (excludes halogenated alkanes) is 1. The summed E-state index contributed by atoms with van der Waals surface area (Å²) < 4.78 is 18.4. The van der Waals surface area contributed by atoms with Crippen molar-refractivity contribution >= 4 is 29.4 Å². The zero-order chi connectivity index (χ0) is 34.0. The van der Waals surface area contributed by atoms with Gasteiger partial charge in [-0.05, 0) is 56.0 Å². The van der Waals surface area contributed by atoms with Crippen molar-refractivity contribution in [2.24, 2.45) is 11.8 Å². The molecule has 0 bridgehead atoms. The molecule has 0 saturated carbocycles. The van der Waals surface area contributed by atoms with E-state index in [1.165, 1.54) is 4.90 Å². The van der Waals surface area contributed by atoms with Crippen LogP contribution in [0.15, 0.2) is 78.9 Å². The Bertz CT molecular complexity index is 1580. The minimum absolute atomic E-state index is 0.0541. The van der Waals surface area contributed by atoms with E-state index in [-0.39, 0.29) is 43.8 Å². The minimum Gasteiger partial charge on any atom is -0.497 e. The number of methoxy groups -OCH3 is 1. The summed E-state index contributed by atoms with van der Waals surface area (Å²) in [6.07, 6.45) is 7.03. The molecule has 1 spiro atoms. The zero-order valence-electron chi connectivity index (χ0n) is 27.6. The first-order valence-electron chi connectivity index (χ1n) is 16.6. The number of cyclic esters (lactones) is 1. The highest BCUT2D eigenvalue weighted by Gasteiger charge is 2.71. The second-order valence-corrected chi connectivity index (χ2v) is 12.8. The largest absolute Gasteiger partial charge is 0.497 e. The Balaban J connectivity index is 1.43. The predicted molar refractivity (Wildman–Crippen MR) is 177 cm³/mol. The third kappa shape index (κ3) is 5.90. The van der Waals surface area contributed by atoms with Gasteiger partial charge in [0.05, 0.1) is 25.2 Å². The summed E-state index contributed by atoms with van der Waals surface area (Å²) in [6, 6.07) is 14.8. The molecule has 0 radical (unpaired) electrons. The summed E-state index contributed by atoms with van der Waals surface area (Å²) in [5.74, 6) is -2.86. The Labute approximate surface area is 280 Å². The molecule has 254 valence electrons. The Morgan fingerprint density at radius 3 is 2.44 bits per heavy atom. The summed E-state index contributed by atoms with van der Waals surface area (Å²) in [5.41, 5.74) is -0.101. The Morgan fingerprint density at radius 2 is 1.73 bits per heavy atom. The molecule has 2 aromatic carbocycles. The van der Waals surface area contributed by atoms with Crippen molar-refractivity contribution < 1.29 is 38.5 Å². The van der Waals surface area contributed by atoms with E-state index in [2.05, 4.69) is 0 Å². The Hall–Kier alpha value is -4.48. The second kappa shape index (κ2) is 13.9. The molecule has 4 heterocycles. The van der Waals surface area contributed by atoms with E-state index in [0.29, 0.717) is 30.7 Å². The van der Waals surface area contributed by atoms with Crippen LogP contribution in [-0.2, 0) is 28.7 Å². The summed E-state index contributed by atoms with van der Waals surface area (Å²) in [5, 5.41) is 9.53. The fourth-order valence-corrected chi connectivity index (χ4v) is 7.52. The lowest BCUT2D eigenvalue weighted by Gasteiger charge is -2.35. The van der Waals surface area contributed by atoms with Crippen LogP contribution in [0.3, 0.4) is 0 Å². The van der Waals surface area contributed by atoms with Crippen LogP contribution in [0.4, 0.5) is 5.69 Å². The average molecular weight is 658 g/mol. The lowest BCUT2D eigenvalue weighted by Crippen LogP contribution is -2.55. The molecule has 6 rings (SSSR count). The normalized spacial score (nSPS) is 31.3. The number of aliphatic hydroxyl groups excluding tert-OH is 1. The molecule has 3 amide bonds. The number of anilines is 1. The lowest BCUT2D eigenvalue weighted by atomic mass is 9.77. The van der Waals surface area contributed by atoms with E-state index >= 15 is 0 Å². The van der Waals surface area contributed by atoms with Crippen LogP contribution >= 0.6 is 0 Å². The van der Waals surface area contributed by atoms with Crippen molar-refractivity contribution in [2.45, 2.75) is 62.5 Å². The van der Waals surface area contributed by atoms with Gasteiger partial charge >= 0.3 is 5.97 Å². The van der Waals surface area contributed by atoms with Crippen LogP contribution in [0.2, 0.25) is 0 Å². The highest BCUT2D eigenvalue weighted by Crippen LogP contribution is 2.53. The molecule has 0 aliphatic carbocycles. The SMILES string of the molecule is COc1ccc(N2CC=C[C@]34O[C@@H]5/C=C\CCC(=O)N(C)[C@H](C)[C@@H](c6ccccc6)OC(=O)[C@@H]5[C@H]3C(=O)N(CCCCO)[C@@H]4C2=O)cc1. The molecular formula is C37H43N3O8. The topological polar surface area (TPSA) is 126 Å². The highest BCUT2D eigenvalue weighted by atomic mass is 16.6. The number of allylic oxidation sites excluding steroid dienone is 1. The van der Waals surface area contributed by atoms with Crippen molar-refractivity contribution in [3.05, 3.63) is 84.5 Å². The van der Waals surface area contributed by atoms with Crippen LogP contribution in [0.5, 0.6) is 5.75 Å². The first-order valence-corrected chi connectivity index (χ1v) is 16.6. The molecule has 2 aromatic rings. The van der Waals surface area contributed by atoms with E-state index in [0.717, 1.165) is 5.56 Å². The van der Waals surface area contributed by atoms with Gasteiger partial charge in [0.15, 0.2) is 0 Å². The number of esters is 1.